The van der Waals surface area contributed by atoms with Crippen LogP contribution in [0.15, 0.2) is 82.3 Å². The summed E-state index contributed by atoms with van der Waals surface area (Å²) < 4.78 is 5.35. The topological polar surface area (TPSA) is 77.7 Å². The van der Waals surface area contributed by atoms with Gasteiger partial charge < -0.3 is 19.9 Å². The van der Waals surface area contributed by atoms with Gasteiger partial charge in [-0.15, -0.1) is 11.8 Å². The fourth-order valence-corrected chi connectivity index (χ4v) is 8.04. The van der Waals surface area contributed by atoms with Gasteiger partial charge in [-0.2, -0.15) is 0 Å². The quantitative estimate of drug-likeness (QED) is 0.180. The Labute approximate surface area is 275 Å². The number of fused-ring (bicyclic) bond motifs is 1. The van der Waals surface area contributed by atoms with Crippen LogP contribution in [-0.2, 0) is 20.9 Å². The summed E-state index contributed by atoms with van der Waals surface area (Å²) in [6.45, 7) is 7.17. The average molecular weight is 696 g/mol. The monoisotopic (exact) mass is 694 g/mol. The molecule has 2 aliphatic rings. The number of likely N-dealkylation sites (tertiary alicyclic amines) is 1. The van der Waals surface area contributed by atoms with Gasteiger partial charge in [-0.3, -0.25) is 14.5 Å². The second-order valence-electron chi connectivity index (χ2n) is 11.5. The number of aryl methyl sites for hydroxylation is 1. The molecule has 10 heteroatoms. The number of rotatable bonds is 10. The Morgan fingerprint density at radius 2 is 1.86 bits per heavy atom. The maximum atomic E-state index is 14.6. The van der Waals surface area contributed by atoms with E-state index in [1.807, 2.05) is 72.6 Å². The SMILES string of the molecule is Cc1ccc(SC2(C(=O)NCCCN3CCOCC3)CC(=O)N(Cc3ccc(Br)cc3)[C@H]2c2c[nH]c3cc(Cl)ccc23)cc1. The Morgan fingerprint density at radius 1 is 1.11 bits per heavy atom. The second kappa shape index (κ2) is 13.7. The molecule has 0 spiro atoms. The van der Waals surface area contributed by atoms with Crippen molar-refractivity contribution in [3.63, 3.8) is 0 Å². The zero-order valence-electron chi connectivity index (χ0n) is 24.7. The third-order valence-electron chi connectivity index (χ3n) is 8.47. The van der Waals surface area contributed by atoms with Crippen molar-refractivity contribution in [3.8, 4) is 0 Å². The number of carbonyl (C=O) groups excluding carboxylic acids is 2. The van der Waals surface area contributed by atoms with Gasteiger partial charge in [0.05, 0.1) is 25.7 Å². The molecule has 0 radical (unpaired) electrons. The van der Waals surface area contributed by atoms with Crippen molar-refractivity contribution in [2.75, 3.05) is 39.4 Å². The number of aromatic nitrogens is 1. The molecule has 4 aromatic rings. The highest BCUT2D eigenvalue weighted by molar-refractivity contribution is 9.10. The lowest BCUT2D eigenvalue weighted by Crippen LogP contribution is -2.48. The van der Waals surface area contributed by atoms with E-state index in [4.69, 9.17) is 16.3 Å². The van der Waals surface area contributed by atoms with Gasteiger partial charge in [0, 0.05) is 63.2 Å². The van der Waals surface area contributed by atoms with E-state index in [0.717, 1.165) is 76.2 Å². The van der Waals surface area contributed by atoms with Crippen LogP contribution in [0.25, 0.3) is 10.9 Å². The number of aromatic amines is 1. The summed E-state index contributed by atoms with van der Waals surface area (Å²) in [7, 11) is 0. The minimum atomic E-state index is -1.10. The number of benzene rings is 3. The lowest BCUT2D eigenvalue weighted by atomic mass is 9.91. The minimum Gasteiger partial charge on any atom is -0.379 e. The molecule has 44 heavy (non-hydrogen) atoms. The van der Waals surface area contributed by atoms with Crippen LogP contribution in [0, 0.1) is 6.92 Å². The minimum absolute atomic E-state index is 0.0516. The van der Waals surface area contributed by atoms with E-state index in [1.54, 1.807) is 0 Å². The molecule has 3 heterocycles. The number of thioether (sulfide) groups is 1. The third-order valence-corrected chi connectivity index (χ3v) is 10.7. The zero-order chi connectivity index (χ0) is 30.7. The molecule has 0 bridgehead atoms. The van der Waals surface area contributed by atoms with Crippen LogP contribution in [-0.4, -0.2) is 70.7 Å². The largest absolute Gasteiger partial charge is 0.379 e. The maximum absolute atomic E-state index is 14.6. The molecule has 2 N–H and O–H groups in total. The zero-order valence-corrected chi connectivity index (χ0v) is 27.8. The summed E-state index contributed by atoms with van der Waals surface area (Å²) in [5.74, 6) is -0.172. The molecule has 1 unspecified atom stereocenters. The first-order valence-electron chi connectivity index (χ1n) is 15.0. The summed E-state index contributed by atoms with van der Waals surface area (Å²) in [4.78, 5) is 37.3. The van der Waals surface area contributed by atoms with E-state index in [1.165, 1.54) is 11.8 Å². The number of carbonyl (C=O) groups is 2. The predicted octanol–water partition coefficient (Wildman–Crippen LogP) is 6.74. The van der Waals surface area contributed by atoms with Crippen LogP contribution >= 0.6 is 39.3 Å². The van der Waals surface area contributed by atoms with Crippen molar-refractivity contribution in [2.45, 2.75) is 42.0 Å². The molecule has 6 rings (SSSR count). The Hall–Kier alpha value is -2.82. The van der Waals surface area contributed by atoms with Crippen molar-refractivity contribution in [3.05, 3.63) is 99.1 Å². The van der Waals surface area contributed by atoms with Gasteiger partial charge in [0.2, 0.25) is 11.8 Å². The van der Waals surface area contributed by atoms with E-state index in [0.29, 0.717) is 18.1 Å². The number of hydrogen-bond donors (Lipinski definition) is 2. The first-order chi connectivity index (χ1) is 21.3. The number of morpholine rings is 1. The fraction of sp³-hybridized carbons (Fsp3) is 0.353. The summed E-state index contributed by atoms with van der Waals surface area (Å²) in [5, 5.41) is 4.84. The van der Waals surface area contributed by atoms with Gasteiger partial charge >= 0.3 is 0 Å². The number of hydrogen-bond acceptors (Lipinski definition) is 5. The lowest BCUT2D eigenvalue weighted by Gasteiger charge is -2.36. The van der Waals surface area contributed by atoms with Gasteiger partial charge in [-0.05, 0) is 61.9 Å². The Balaban J connectivity index is 1.39. The Morgan fingerprint density at radius 3 is 2.61 bits per heavy atom. The van der Waals surface area contributed by atoms with Crippen molar-refractivity contribution in [1.82, 2.24) is 20.1 Å². The summed E-state index contributed by atoms with van der Waals surface area (Å²) in [6, 6.07) is 21.4. The molecule has 2 fully saturated rings. The first-order valence-corrected chi connectivity index (χ1v) is 17.0. The number of nitrogens with one attached hydrogen (secondary N) is 2. The normalized spacial score (nSPS) is 20.8. The highest BCUT2D eigenvalue weighted by Gasteiger charge is 2.58. The average Bonchev–Trinajstić information content (AvgIpc) is 3.55. The lowest BCUT2D eigenvalue weighted by molar-refractivity contribution is -0.129. The Kier molecular flexibility index (Phi) is 9.68. The molecule has 2 atom stereocenters. The molecule has 3 aromatic carbocycles. The molecule has 0 saturated carbocycles. The maximum Gasteiger partial charge on any atom is 0.239 e. The number of H-pyrrole nitrogens is 1. The Bertz CT molecular complexity index is 1620. The van der Waals surface area contributed by atoms with Crippen molar-refractivity contribution >= 4 is 62.0 Å². The van der Waals surface area contributed by atoms with Crippen LogP contribution in [0.2, 0.25) is 5.02 Å². The number of halogens is 2. The van der Waals surface area contributed by atoms with Crippen LogP contribution in [0.4, 0.5) is 0 Å². The van der Waals surface area contributed by atoms with Gasteiger partial charge in [0.25, 0.3) is 0 Å². The third kappa shape index (κ3) is 6.72. The molecule has 230 valence electrons. The number of amides is 2. The summed E-state index contributed by atoms with van der Waals surface area (Å²) in [6.07, 6.45) is 2.85. The van der Waals surface area contributed by atoms with Crippen LogP contribution in [0.3, 0.4) is 0 Å². The molecule has 1 aromatic heterocycles. The van der Waals surface area contributed by atoms with Crippen LogP contribution in [0.5, 0.6) is 0 Å². The highest BCUT2D eigenvalue weighted by atomic mass is 79.9. The fourth-order valence-electron chi connectivity index (χ4n) is 6.19. The van der Waals surface area contributed by atoms with Gasteiger partial charge in [0.1, 0.15) is 4.75 Å². The highest BCUT2D eigenvalue weighted by Crippen LogP contribution is 2.54. The van der Waals surface area contributed by atoms with E-state index in [2.05, 4.69) is 43.3 Å². The molecule has 0 aliphatic carbocycles. The van der Waals surface area contributed by atoms with Gasteiger partial charge in [-0.1, -0.05) is 63.4 Å². The van der Waals surface area contributed by atoms with Crippen molar-refractivity contribution in [1.29, 1.82) is 0 Å². The summed E-state index contributed by atoms with van der Waals surface area (Å²) in [5.41, 5.74) is 3.91. The molecular formula is C34H36BrClN4O3S. The summed E-state index contributed by atoms with van der Waals surface area (Å²) >= 11 is 11.4. The van der Waals surface area contributed by atoms with Crippen LogP contribution in [0.1, 0.15) is 35.6 Å². The molecule has 2 saturated heterocycles. The second-order valence-corrected chi connectivity index (χ2v) is 14.3. The standard InChI is InChI=1S/C34H36BrClN4O3S/c1-23-3-10-27(11-4-23)44-34(33(42)37-13-2-14-39-15-17-43-18-16-39)20-31(41)40(22-24-5-7-25(35)8-6-24)32(34)29-21-38-30-19-26(36)9-12-28(29)30/h3-12,19,21,32,38H,2,13-18,20,22H2,1H3,(H,37,42)/t32-,34?/m0/s1. The van der Waals surface area contributed by atoms with E-state index >= 15 is 0 Å². The van der Waals surface area contributed by atoms with Gasteiger partial charge in [0.15, 0.2) is 0 Å². The van der Waals surface area contributed by atoms with Crippen molar-refractivity contribution < 1.29 is 14.3 Å². The molecule has 2 aliphatic heterocycles. The van der Waals surface area contributed by atoms with Crippen molar-refractivity contribution in [2.24, 2.45) is 0 Å². The number of ether oxygens (including phenoxy) is 1. The van der Waals surface area contributed by atoms with Gasteiger partial charge in [-0.25, -0.2) is 0 Å². The van der Waals surface area contributed by atoms with E-state index < -0.39 is 10.8 Å². The molecular weight excluding hydrogens is 660 g/mol. The smallest absolute Gasteiger partial charge is 0.239 e. The number of nitrogens with zero attached hydrogens (tertiary/aromatic N) is 2. The molecule has 7 nitrogen and oxygen atoms in total. The molecule has 2 amide bonds. The van der Waals surface area contributed by atoms with E-state index in [-0.39, 0.29) is 18.2 Å². The van der Waals surface area contributed by atoms with E-state index in [9.17, 15) is 9.59 Å². The van der Waals surface area contributed by atoms with Crippen LogP contribution < -0.4 is 5.32 Å². The predicted molar refractivity (Wildman–Crippen MR) is 180 cm³/mol. The first kappa shape index (κ1) is 31.2.